The number of thiazole rings is 1. The third-order valence-electron chi connectivity index (χ3n) is 3.12. The van der Waals surface area contributed by atoms with E-state index in [1.54, 1.807) is 0 Å². The van der Waals surface area contributed by atoms with Gasteiger partial charge in [-0.05, 0) is 25.5 Å². The molecule has 23 heavy (non-hydrogen) atoms. The molecule has 0 bridgehead atoms. The maximum absolute atomic E-state index is 11.8. The molecule has 2 N–H and O–H groups in total. The summed E-state index contributed by atoms with van der Waals surface area (Å²) in [6.45, 7) is 4.48. The first-order chi connectivity index (χ1) is 11.0. The summed E-state index contributed by atoms with van der Waals surface area (Å²) in [5, 5.41) is 13.5. The smallest absolute Gasteiger partial charge is 0.355 e. The number of carbonyl (C=O) groups excluding carboxylic acids is 1. The lowest BCUT2D eigenvalue weighted by Gasteiger charge is -2.09. The van der Waals surface area contributed by atoms with Crippen molar-refractivity contribution < 1.29 is 19.4 Å². The molecule has 0 aliphatic heterocycles. The standard InChI is InChI=1S/C16H18N2O4S/c1-10-3-4-13(11(2)7-10)22-6-5-14(19)17-8-15-18-12(9-23-15)16(20)21/h3-4,7,9H,5-6,8H2,1-2H3,(H,17,19)(H,20,21). The highest BCUT2D eigenvalue weighted by Crippen LogP contribution is 2.18. The van der Waals surface area contributed by atoms with Crippen LogP contribution in [0, 0.1) is 13.8 Å². The second kappa shape index (κ2) is 7.73. The van der Waals surface area contributed by atoms with Crippen LogP contribution in [0.25, 0.3) is 0 Å². The Morgan fingerprint density at radius 3 is 2.78 bits per heavy atom. The van der Waals surface area contributed by atoms with Crippen LogP contribution in [0.2, 0.25) is 0 Å². The zero-order valence-corrected chi connectivity index (χ0v) is 13.8. The minimum absolute atomic E-state index is 0.00238. The molecule has 0 unspecified atom stereocenters. The monoisotopic (exact) mass is 334 g/mol. The zero-order valence-electron chi connectivity index (χ0n) is 13.0. The van der Waals surface area contributed by atoms with Crippen LogP contribution in [0.5, 0.6) is 5.75 Å². The van der Waals surface area contributed by atoms with Gasteiger partial charge in [0.1, 0.15) is 10.8 Å². The number of rotatable bonds is 7. The zero-order chi connectivity index (χ0) is 16.8. The van der Waals surface area contributed by atoms with Gasteiger partial charge in [-0.15, -0.1) is 11.3 Å². The second-order valence-corrected chi connectivity index (χ2v) is 6.02. The number of aryl methyl sites for hydroxylation is 2. The number of carbonyl (C=O) groups is 2. The summed E-state index contributed by atoms with van der Waals surface area (Å²) >= 11 is 1.21. The summed E-state index contributed by atoms with van der Waals surface area (Å²) in [7, 11) is 0. The van der Waals surface area contributed by atoms with E-state index in [1.165, 1.54) is 16.7 Å². The van der Waals surface area contributed by atoms with E-state index in [0.717, 1.165) is 16.9 Å². The van der Waals surface area contributed by atoms with E-state index in [2.05, 4.69) is 10.3 Å². The van der Waals surface area contributed by atoms with Gasteiger partial charge < -0.3 is 15.2 Å². The highest BCUT2D eigenvalue weighted by atomic mass is 32.1. The molecule has 2 aromatic rings. The van der Waals surface area contributed by atoms with Crippen molar-refractivity contribution in [3.05, 3.63) is 45.4 Å². The van der Waals surface area contributed by atoms with Gasteiger partial charge in [-0.3, -0.25) is 4.79 Å². The first kappa shape index (κ1) is 17.0. The van der Waals surface area contributed by atoms with Gasteiger partial charge in [0.2, 0.25) is 5.91 Å². The molecule has 0 saturated heterocycles. The van der Waals surface area contributed by atoms with Crippen LogP contribution in [-0.2, 0) is 11.3 Å². The second-order valence-electron chi connectivity index (χ2n) is 5.08. The Bertz CT molecular complexity index is 712. The number of benzene rings is 1. The van der Waals surface area contributed by atoms with Crippen molar-refractivity contribution in [3.63, 3.8) is 0 Å². The number of nitrogens with zero attached hydrogens (tertiary/aromatic N) is 1. The molecule has 0 aliphatic rings. The molecular formula is C16H18N2O4S. The maximum Gasteiger partial charge on any atom is 0.355 e. The summed E-state index contributed by atoms with van der Waals surface area (Å²) in [6.07, 6.45) is 0.227. The number of amides is 1. The SMILES string of the molecule is Cc1ccc(OCCC(=O)NCc2nc(C(=O)O)cs2)c(C)c1. The van der Waals surface area contributed by atoms with Gasteiger partial charge in [-0.2, -0.15) is 0 Å². The van der Waals surface area contributed by atoms with Gasteiger partial charge in [-0.1, -0.05) is 17.7 Å². The molecule has 122 valence electrons. The molecule has 0 spiro atoms. The fraction of sp³-hybridized carbons (Fsp3) is 0.312. The van der Waals surface area contributed by atoms with Crippen LogP contribution in [0.1, 0.15) is 33.0 Å². The first-order valence-electron chi connectivity index (χ1n) is 7.10. The van der Waals surface area contributed by atoms with E-state index in [4.69, 9.17) is 9.84 Å². The molecule has 1 amide bonds. The van der Waals surface area contributed by atoms with Crippen LogP contribution in [0.15, 0.2) is 23.6 Å². The first-order valence-corrected chi connectivity index (χ1v) is 7.98. The Kier molecular flexibility index (Phi) is 5.70. The highest BCUT2D eigenvalue weighted by Gasteiger charge is 2.09. The molecule has 0 fully saturated rings. The number of carboxylic acids is 1. The number of hydrogen-bond donors (Lipinski definition) is 2. The largest absolute Gasteiger partial charge is 0.493 e. The molecule has 6 nitrogen and oxygen atoms in total. The van der Waals surface area contributed by atoms with Gasteiger partial charge in [0.15, 0.2) is 5.69 Å². The Morgan fingerprint density at radius 2 is 2.13 bits per heavy atom. The van der Waals surface area contributed by atoms with Gasteiger partial charge in [0, 0.05) is 5.38 Å². The lowest BCUT2D eigenvalue weighted by Crippen LogP contribution is -2.24. The molecule has 0 aliphatic carbocycles. The van der Waals surface area contributed by atoms with E-state index in [1.807, 2.05) is 32.0 Å². The van der Waals surface area contributed by atoms with Crippen molar-refractivity contribution in [2.45, 2.75) is 26.8 Å². The summed E-state index contributed by atoms with van der Waals surface area (Å²) in [4.78, 5) is 26.4. The van der Waals surface area contributed by atoms with Crippen molar-refractivity contribution >= 4 is 23.2 Å². The van der Waals surface area contributed by atoms with E-state index < -0.39 is 5.97 Å². The van der Waals surface area contributed by atoms with Gasteiger partial charge in [0.25, 0.3) is 0 Å². The Labute approximate surface area is 138 Å². The minimum Gasteiger partial charge on any atom is -0.493 e. The normalized spacial score (nSPS) is 10.3. The molecule has 0 radical (unpaired) electrons. The third kappa shape index (κ3) is 5.07. The molecule has 1 aromatic heterocycles. The average Bonchev–Trinajstić information content (AvgIpc) is 2.96. The molecule has 7 heteroatoms. The van der Waals surface area contributed by atoms with Crippen LogP contribution in [-0.4, -0.2) is 28.6 Å². The lowest BCUT2D eigenvalue weighted by molar-refractivity contribution is -0.121. The highest BCUT2D eigenvalue weighted by molar-refractivity contribution is 7.09. The number of hydrogen-bond acceptors (Lipinski definition) is 5. The van der Waals surface area contributed by atoms with E-state index >= 15 is 0 Å². The van der Waals surface area contributed by atoms with Gasteiger partial charge in [-0.25, -0.2) is 9.78 Å². The maximum atomic E-state index is 11.8. The quantitative estimate of drug-likeness (QED) is 0.812. The number of aromatic carboxylic acids is 1. The number of ether oxygens (including phenoxy) is 1. The summed E-state index contributed by atoms with van der Waals surface area (Å²) in [5.41, 5.74) is 2.20. The molecular weight excluding hydrogens is 316 g/mol. The van der Waals surface area contributed by atoms with E-state index in [0.29, 0.717) is 5.01 Å². The predicted octanol–water partition coefficient (Wildman–Crippen LogP) is 2.54. The van der Waals surface area contributed by atoms with Crippen molar-refractivity contribution in [1.29, 1.82) is 0 Å². The minimum atomic E-state index is -1.07. The third-order valence-corrected chi connectivity index (χ3v) is 3.97. The van der Waals surface area contributed by atoms with Crippen LogP contribution in [0.4, 0.5) is 0 Å². The van der Waals surface area contributed by atoms with E-state index in [-0.39, 0.29) is 31.2 Å². The molecule has 2 rings (SSSR count). The lowest BCUT2D eigenvalue weighted by atomic mass is 10.1. The van der Waals surface area contributed by atoms with Crippen molar-refractivity contribution in [3.8, 4) is 5.75 Å². The van der Waals surface area contributed by atoms with Crippen molar-refractivity contribution in [2.75, 3.05) is 6.61 Å². The molecule has 0 atom stereocenters. The topological polar surface area (TPSA) is 88.5 Å². The number of nitrogens with one attached hydrogen (secondary N) is 1. The molecule has 1 aromatic carbocycles. The van der Waals surface area contributed by atoms with Crippen molar-refractivity contribution in [1.82, 2.24) is 10.3 Å². The van der Waals surface area contributed by atoms with Gasteiger partial charge >= 0.3 is 5.97 Å². The average molecular weight is 334 g/mol. The summed E-state index contributed by atoms with van der Waals surface area (Å²) < 4.78 is 5.60. The molecule has 1 heterocycles. The summed E-state index contributed by atoms with van der Waals surface area (Å²) in [6, 6.07) is 5.88. The number of aromatic nitrogens is 1. The van der Waals surface area contributed by atoms with Gasteiger partial charge in [0.05, 0.1) is 19.6 Å². The molecule has 0 saturated carbocycles. The fourth-order valence-electron chi connectivity index (χ4n) is 1.97. The van der Waals surface area contributed by atoms with Crippen LogP contribution < -0.4 is 10.1 Å². The van der Waals surface area contributed by atoms with Crippen LogP contribution in [0.3, 0.4) is 0 Å². The van der Waals surface area contributed by atoms with Crippen molar-refractivity contribution in [2.24, 2.45) is 0 Å². The number of carboxylic acid groups (broad SMARTS) is 1. The van der Waals surface area contributed by atoms with Crippen LogP contribution >= 0.6 is 11.3 Å². The Morgan fingerprint density at radius 1 is 1.35 bits per heavy atom. The summed E-state index contributed by atoms with van der Waals surface area (Å²) in [5.74, 6) is -0.461. The van der Waals surface area contributed by atoms with E-state index in [9.17, 15) is 9.59 Å². The Balaban J connectivity index is 1.73. The predicted molar refractivity (Wildman–Crippen MR) is 86.9 cm³/mol. The fourth-order valence-corrected chi connectivity index (χ4v) is 2.68. The Hall–Kier alpha value is -2.41.